The Bertz CT molecular complexity index is 375. The summed E-state index contributed by atoms with van der Waals surface area (Å²) in [6.07, 6.45) is -3.01. The van der Waals surface area contributed by atoms with Gasteiger partial charge in [-0.2, -0.15) is 0 Å². The molecule has 1 rings (SSSR count). The smallest absolute Gasteiger partial charge is 0.288 e. The first-order chi connectivity index (χ1) is 6.93. The molecule has 0 atom stereocenters. The predicted molar refractivity (Wildman–Crippen MR) is 55.9 cm³/mol. The molecular weight excluding hydrogens is 222 g/mol. The topological polar surface area (TPSA) is 17.1 Å². The van der Waals surface area contributed by atoms with Gasteiger partial charge in [0.05, 0.1) is 5.02 Å². The van der Waals surface area contributed by atoms with Crippen molar-refractivity contribution in [2.45, 2.75) is 26.2 Å². The largest absolute Gasteiger partial charge is 0.300 e. The molecule has 0 unspecified atom stereocenters. The Hall–Kier alpha value is -0.960. The Morgan fingerprint density at radius 1 is 1.33 bits per heavy atom. The maximum absolute atomic E-state index is 12.2. The maximum Gasteiger partial charge on any atom is 0.300 e. The molecule has 0 aliphatic carbocycles. The van der Waals surface area contributed by atoms with Gasteiger partial charge in [-0.15, -0.1) is 0 Å². The van der Waals surface area contributed by atoms with Crippen LogP contribution < -0.4 is 0 Å². The second-order valence-electron chi connectivity index (χ2n) is 3.56. The zero-order valence-corrected chi connectivity index (χ0v) is 9.18. The molecule has 0 bridgehead atoms. The van der Waals surface area contributed by atoms with Gasteiger partial charge < -0.3 is 0 Å². The van der Waals surface area contributed by atoms with E-state index in [1.54, 1.807) is 6.07 Å². The minimum atomic E-state index is -3.01. The summed E-state index contributed by atoms with van der Waals surface area (Å²) < 4.78 is 24.4. The molecule has 0 radical (unpaired) electrons. The summed E-state index contributed by atoms with van der Waals surface area (Å²) in [6, 6.07) is 4.64. The number of hydrogen-bond acceptors (Lipinski definition) is 1. The Labute approximate surface area is 92.1 Å². The number of rotatable bonds is 3. The molecule has 82 valence electrons. The fourth-order valence-electron chi connectivity index (χ4n) is 1.21. The van der Waals surface area contributed by atoms with E-state index in [1.165, 1.54) is 12.1 Å². The van der Waals surface area contributed by atoms with E-state index in [-0.39, 0.29) is 16.5 Å². The minimum absolute atomic E-state index is 0.0738. The molecule has 15 heavy (non-hydrogen) atoms. The fourth-order valence-corrected chi connectivity index (χ4v) is 1.42. The van der Waals surface area contributed by atoms with Gasteiger partial charge in [-0.3, -0.25) is 4.79 Å². The van der Waals surface area contributed by atoms with Crippen molar-refractivity contribution in [1.29, 1.82) is 0 Å². The van der Waals surface area contributed by atoms with Crippen LogP contribution in [0.5, 0.6) is 0 Å². The first-order valence-corrected chi connectivity index (χ1v) is 4.93. The van der Waals surface area contributed by atoms with Crippen molar-refractivity contribution < 1.29 is 13.6 Å². The highest BCUT2D eigenvalue weighted by molar-refractivity contribution is 6.34. The molecule has 1 aromatic rings. The average Bonchev–Trinajstić information content (AvgIpc) is 2.16. The Morgan fingerprint density at radius 2 is 1.93 bits per heavy atom. The molecule has 1 nitrogen and oxygen atoms in total. The summed E-state index contributed by atoms with van der Waals surface area (Å²) in [5.74, 6) is -1.05. The lowest BCUT2D eigenvalue weighted by atomic mass is 9.99. The van der Waals surface area contributed by atoms with Crippen molar-refractivity contribution in [2.24, 2.45) is 0 Å². The van der Waals surface area contributed by atoms with E-state index in [2.05, 4.69) is 0 Å². The van der Waals surface area contributed by atoms with Crippen LogP contribution in [0.1, 0.15) is 35.7 Å². The molecule has 0 aromatic heterocycles. The summed E-state index contributed by atoms with van der Waals surface area (Å²) in [7, 11) is 0. The van der Waals surface area contributed by atoms with Gasteiger partial charge in [0.1, 0.15) is 0 Å². The van der Waals surface area contributed by atoms with Crippen LogP contribution >= 0.6 is 11.6 Å². The molecule has 4 heteroatoms. The van der Waals surface area contributed by atoms with Gasteiger partial charge in [-0.25, -0.2) is 8.78 Å². The second-order valence-corrected chi connectivity index (χ2v) is 3.97. The van der Waals surface area contributed by atoms with Gasteiger partial charge >= 0.3 is 6.43 Å². The van der Waals surface area contributed by atoms with Crippen molar-refractivity contribution in [3.05, 3.63) is 34.3 Å². The van der Waals surface area contributed by atoms with Crippen LogP contribution in [0.25, 0.3) is 0 Å². The first kappa shape index (κ1) is 12.1. The highest BCUT2D eigenvalue weighted by Crippen LogP contribution is 2.24. The third kappa shape index (κ3) is 2.75. The van der Waals surface area contributed by atoms with Crippen LogP contribution in [0.4, 0.5) is 8.78 Å². The number of carbonyl (C=O) groups is 1. The molecule has 0 amide bonds. The molecule has 0 fully saturated rings. The fraction of sp³-hybridized carbons (Fsp3) is 0.364. The highest BCUT2D eigenvalue weighted by Gasteiger charge is 2.21. The number of alkyl halides is 2. The van der Waals surface area contributed by atoms with Gasteiger partial charge in [0, 0.05) is 5.56 Å². The SMILES string of the molecule is CC(C)c1ccc(Cl)c(C(=O)C(F)F)c1. The van der Waals surface area contributed by atoms with E-state index in [9.17, 15) is 13.6 Å². The van der Waals surface area contributed by atoms with Crippen LogP contribution in [0.15, 0.2) is 18.2 Å². The molecule has 0 saturated carbocycles. The Morgan fingerprint density at radius 3 is 2.40 bits per heavy atom. The van der Waals surface area contributed by atoms with Gasteiger partial charge in [0.25, 0.3) is 0 Å². The monoisotopic (exact) mass is 232 g/mol. The van der Waals surface area contributed by atoms with Gasteiger partial charge in [-0.1, -0.05) is 31.5 Å². The van der Waals surface area contributed by atoms with E-state index in [4.69, 9.17) is 11.6 Å². The van der Waals surface area contributed by atoms with Gasteiger partial charge in [0.15, 0.2) is 0 Å². The van der Waals surface area contributed by atoms with E-state index in [0.717, 1.165) is 5.56 Å². The minimum Gasteiger partial charge on any atom is -0.288 e. The summed E-state index contributed by atoms with van der Waals surface area (Å²) in [6.45, 7) is 3.83. The second kappa shape index (κ2) is 4.71. The van der Waals surface area contributed by atoms with Crippen molar-refractivity contribution in [3.63, 3.8) is 0 Å². The van der Waals surface area contributed by atoms with Crippen LogP contribution in [0.2, 0.25) is 5.02 Å². The molecule has 0 N–H and O–H groups in total. The normalized spacial score (nSPS) is 11.1. The van der Waals surface area contributed by atoms with E-state index < -0.39 is 12.2 Å². The number of benzene rings is 1. The Balaban J connectivity index is 3.16. The van der Waals surface area contributed by atoms with Crippen LogP contribution in [-0.4, -0.2) is 12.2 Å². The summed E-state index contributed by atoms with van der Waals surface area (Å²) in [5, 5.41) is 0.0738. The lowest BCUT2D eigenvalue weighted by molar-refractivity contribution is 0.0679. The summed E-state index contributed by atoms with van der Waals surface area (Å²) in [5.41, 5.74) is 0.723. The van der Waals surface area contributed by atoms with Crippen LogP contribution in [0, 0.1) is 0 Å². The average molecular weight is 233 g/mol. The number of halogens is 3. The van der Waals surface area contributed by atoms with E-state index in [0.29, 0.717) is 0 Å². The van der Waals surface area contributed by atoms with Crippen molar-refractivity contribution in [1.82, 2.24) is 0 Å². The molecule has 0 spiro atoms. The van der Waals surface area contributed by atoms with Gasteiger partial charge in [-0.05, 0) is 23.6 Å². The van der Waals surface area contributed by atoms with E-state index >= 15 is 0 Å². The Kier molecular flexibility index (Phi) is 3.80. The summed E-state index contributed by atoms with van der Waals surface area (Å²) in [4.78, 5) is 11.1. The number of carbonyl (C=O) groups excluding carboxylic acids is 1. The first-order valence-electron chi connectivity index (χ1n) is 4.55. The highest BCUT2D eigenvalue weighted by atomic mass is 35.5. The van der Waals surface area contributed by atoms with Crippen LogP contribution in [0.3, 0.4) is 0 Å². The maximum atomic E-state index is 12.2. The number of ketones is 1. The molecule has 0 aliphatic rings. The third-order valence-corrected chi connectivity index (χ3v) is 2.45. The van der Waals surface area contributed by atoms with Crippen molar-refractivity contribution in [3.8, 4) is 0 Å². The molecule has 0 saturated heterocycles. The summed E-state index contributed by atoms with van der Waals surface area (Å²) >= 11 is 5.69. The van der Waals surface area contributed by atoms with Crippen molar-refractivity contribution >= 4 is 17.4 Å². The molecule has 1 aromatic carbocycles. The predicted octanol–water partition coefficient (Wildman–Crippen LogP) is 3.91. The standard InChI is InChI=1S/C11H11ClF2O/c1-6(2)7-3-4-9(12)8(5-7)10(15)11(13)14/h3-6,11H,1-2H3. The quantitative estimate of drug-likeness (QED) is 0.722. The van der Waals surface area contributed by atoms with Gasteiger partial charge in [0.2, 0.25) is 5.78 Å². The lowest BCUT2D eigenvalue weighted by Crippen LogP contribution is -2.11. The zero-order chi connectivity index (χ0) is 11.6. The number of Topliss-reactive ketones (excluding diaryl/α,β-unsaturated/α-hetero) is 1. The number of hydrogen-bond donors (Lipinski definition) is 0. The zero-order valence-electron chi connectivity index (χ0n) is 8.43. The van der Waals surface area contributed by atoms with Crippen molar-refractivity contribution in [2.75, 3.05) is 0 Å². The molecule has 0 aliphatic heterocycles. The third-order valence-electron chi connectivity index (χ3n) is 2.12. The van der Waals surface area contributed by atoms with E-state index in [1.807, 2.05) is 13.8 Å². The molecular formula is C11H11ClF2O. The van der Waals surface area contributed by atoms with Crippen LogP contribution in [-0.2, 0) is 0 Å². The lowest BCUT2D eigenvalue weighted by Gasteiger charge is -2.08. The molecule has 0 heterocycles.